The molecular formula is C11H19F3O2. The number of hydrogen-bond donors (Lipinski definition) is 1. The maximum absolute atomic E-state index is 11.8. The molecule has 0 radical (unpaired) electrons. The Kier molecular flexibility index (Phi) is 8.25. The van der Waals surface area contributed by atoms with Gasteiger partial charge in [-0.05, 0) is 12.8 Å². The van der Waals surface area contributed by atoms with Crippen molar-refractivity contribution in [2.45, 2.75) is 57.5 Å². The fraction of sp³-hybridized carbons (Fsp3) is 0.909. The summed E-state index contributed by atoms with van der Waals surface area (Å²) >= 11 is 0. The molecule has 5 heteroatoms. The highest BCUT2D eigenvalue weighted by atomic mass is 19.4. The van der Waals surface area contributed by atoms with E-state index in [1.165, 1.54) is 0 Å². The predicted molar refractivity (Wildman–Crippen MR) is 55.1 cm³/mol. The van der Waals surface area contributed by atoms with Gasteiger partial charge in [0.05, 0.1) is 0 Å². The van der Waals surface area contributed by atoms with Gasteiger partial charge in [-0.15, -0.1) is 0 Å². The number of carbonyl (C=O) groups excluding carboxylic acids is 1. The van der Waals surface area contributed by atoms with Crippen molar-refractivity contribution in [3.8, 4) is 0 Å². The molecule has 0 aromatic rings. The van der Waals surface area contributed by atoms with Crippen molar-refractivity contribution in [2.24, 2.45) is 0 Å². The Hall–Kier alpha value is -0.580. The summed E-state index contributed by atoms with van der Waals surface area (Å²) in [4.78, 5) is 10.8. The molecule has 0 aliphatic heterocycles. The molecule has 0 saturated carbocycles. The molecule has 0 fully saturated rings. The van der Waals surface area contributed by atoms with Crippen LogP contribution in [0.4, 0.5) is 13.2 Å². The highest BCUT2D eigenvalue weighted by molar-refractivity contribution is 5.78. The van der Waals surface area contributed by atoms with Crippen LogP contribution in [0.5, 0.6) is 0 Å². The molecule has 0 rings (SSSR count). The van der Waals surface area contributed by atoms with Crippen LogP contribution >= 0.6 is 0 Å². The van der Waals surface area contributed by atoms with Crippen LogP contribution in [0.15, 0.2) is 0 Å². The Bertz CT molecular complexity index is 190. The van der Waals surface area contributed by atoms with Crippen LogP contribution in [0.3, 0.4) is 0 Å². The minimum Gasteiger partial charge on any atom is -0.396 e. The summed E-state index contributed by atoms with van der Waals surface area (Å²) in [5.41, 5.74) is 0. The molecule has 0 unspecified atom stereocenters. The summed E-state index contributed by atoms with van der Waals surface area (Å²) in [6.07, 6.45) is -0.717. The Balaban J connectivity index is 3.28. The normalized spacial score (nSPS) is 11.8. The molecule has 0 atom stereocenters. The van der Waals surface area contributed by atoms with Gasteiger partial charge in [0.25, 0.3) is 0 Å². The number of alkyl halides is 3. The van der Waals surface area contributed by atoms with E-state index in [2.05, 4.69) is 0 Å². The van der Waals surface area contributed by atoms with Crippen LogP contribution in [0, 0.1) is 0 Å². The van der Waals surface area contributed by atoms with Gasteiger partial charge >= 0.3 is 6.18 Å². The van der Waals surface area contributed by atoms with Crippen molar-refractivity contribution in [1.29, 1.82) is 0 Å². The zero-order valence-corrected chi connectivity index (χ0v) is 9.35. The first kappa shape index (κ1) is 15.4. The zero-order chi connectivity index (χ0) is 12.4. The second-order valence-electron chi connectivity index (χ2n) is 3.93. The minimum absolute atomic E-state index is 0.0273. The molecule has 0 bridgehead atoms. The van der Waals surface area contributed by atoms with E-state index in [4.69, 9.17) is 5.11 Å². The fourth-order valence-corrected chi connectivity index (χ4v) is 1.45. The molecular weight excluding hydrogens is 221 g/mol. The van der Waals surface area contributed by atoms with Gasteiger partial charge in [0.1, 0.15) is 12.2 Å². The summed E-state index contributed by atoms with van der Waals surface area (Å²) in [6, 6.07) is 0. The van der Waals surface area contributed by atoms with Crippen molar-refractivity contribution in [1.82, 2.24) is 0 Å². The number of halogens is 3. The lowest BCUT2D eigenvalue weighted by atomic mass is 10.1. The molecule has 0 aromatic heterocycles. The number of unbranched alkanes of at least 4 members (excludes halogenated alkanes) is 5. The van der Waals surface area contributed by atoms with E-state index in [9.17, 15) is 18.0 Å². The van der Waals surface area contributed by atoms with Crippen LogP contribution in [-0.4, -0.2) is 23.7 Å². The second-order valence-corrected chi connectivity index (χ2v) is 3.93. The monoisotopic (exact) mass is 240 g/mol. The molecule has 0 heterocycles. The van der Waals surface area contributed by atoms with Crippen LogP contribution in [0.25, 0.3) is 0 Å². The zero-order valence-electron chi connectivity index (χ0n) is 9.35. The highest BCUT2D eigenvalue weighted by Gasteiger charge is 2.30. The Morgan fingerprint density at radius 1 is 0.938 bits per heavy atom. The maximum atomic E-state index is 11.8. The van der Waals surface area contributed by atoms with Crippen molar-refractivity contribution < 1.29 is 23.1 Å². The SMILES string of the molecule is O=C(CCCCCCCCO)CC(F)(F)F. The molecule has 2 nitrogen and oxygen atoms in total. The van der Waals surface area contributed by atoms with Gasteiger partial charge in [-0.2, -0.15) is 13.2 Å². The lowest BCUT2D eigenvalue weighted by molar-refractivity contribution is -0.152. The average Bonchev–Trinajstić information content (AvgIpc) is 2.13. The van der Waals surface area contributed by atoms with Gasteiger partial charge in [0, 0.05) is 13.0 Å². The van der Waals surface area contributed by atoms with Crippen LogP contribution < -0.4 is 0 Å². The summed E-state index contributed by atoms with van der Waals surface area (Å²) in [5.74, 6) is -0.720. The Morgan fingerprint density at radius 2 is 1.44 bits per heavy atom. The number of ketones is 1. The standard InChI is InChI=1S/C11H19F3O2/c12-11(13,14)9-10(16)7-5-3-1-2-4-6-8-15/h15H,1-9H2. The second kappa shape index (κ2) is 8.56. The minimum atomic E-state index is -4.36. The van der Waals surface area contributed by atoms with Gasteiger partial charge in [-0.25, -0.2) is 0 Å². The number of hydrogen-bond acceptors (Lipinski definition) is 2. The van der Waals surface area contributed by atoms with E-state index in [-0.39, 0.29) is 13.0 Å². The molecule has 16 heavy (non-hydrogen) atoms. The lowest BCUT2D eigenvalue weighted by Gasteiger charge is -2.05. The molecule has 96 valence electrons. The van der Waals surface area contributed by atoms with Crippen molar-refractivity contribution in [2.75, 3.05) is 6.61 Å². The Labute approximate surface area is 93.8 Å². The smallest absolute Gasteiger partial charge is 0.395 e. The number of carbonyl (C=O) groups is 1. The number of rotatable bonds is 9. The van der Waals surface area contributed by atoms with Crippen molar-refractivity contribution >= 4 is 5.78 Å². The maximum Gasteiger partial charge on any atom is 0.395 e. The first-order valence-corrected chi connectivity index (χ1v) is 5.65. The van der Waals surface area contributed by atoms with Crippen LogP contribution in [0.1, 0.15) is 51.4 Å². The lowest BCUT2D eigenvalue weighted by Crippen LogP contribution is -2.14. The third-order valence-electron chi connectivity index (χ3n) is 2.26. The first-order valence-electron chi connectivity index (χ1n) is 5.65. The quantitative estimate of drug-likeness (QED) is 0.628. The third kappa shape index (κ3) is 11.5. The summed E-state index contributed by atoms with van der Waals surface area (Å²) < 4.78 is 35.3. The van der Waals surface area contributed by atoms with E-state index in [1.54, 1.807) is 0 Å². The number of aliphatic hydroxyl groups excluding tert-OH is 1. The number of Topliss-reactive ketones (excluding diaryl/α,β-unsaturated/α-hetero) is 1. The summed E-state index contributed by atoms with van der Waals surface area (Å²) in [7, 11) is 0. The molecule has 0 aliphatic carbocycles. The highest BCUT2D eigenvalue weighted by Crippen LogP contribution is 2.21. The van der Waals surface area contributed by atoms with Gasteiger partial charge in [-0.3, -0.25) is 4.79 Å². The van der Waals surface area contributed by atoms with Crippen LogP contribution in [0.2, 0.25) is 0 Å². The van der Waals surface area contributed by atoms with Crippen molar-refractivity contribution in [3.05, 3.63) is 0 Å². The molecule has 0 aromatic carbocycles. The average molecular weight is 240 g/mol. The van der Waals surface area contributed by atoms with E-state index in [0.29, 0.717) is 6.42 Å². The number of aliphatic hydroxyl groups is 1. The largest absolute Gasteiger partial charge is 0.396 e. The first-order chi connectivity index (χ1) is 7.45. The van der Waals surface area contributed by atoms with Gasteiger partial charge in [0.2, 0.25) is 0 Å². The van der Waals surface area contributed by atoms with Gasteiger partial charge in [0.15, 0.2) is 0 Å². The van der Waals surface area contributed by atoms with Gasteiger partial charge < -0.3 is 5.11 Å². The molecule has 0 spiro atoms. The van der Waals surface area contributed by atoms with Crippen LogP contribution in [-0.2, 0) is 4.79 Å². The van der Waals surface area contributed by atoms with E-state index < -0.39 is 18.4 Å². The molecule has 0 saturated heterocycles. The molecule has 1 N–H and O–H groups in total. The third-order valence-corrected chi connectivity index (χ3v) is 2.26. The van der Waals surface area contributed by atoms with Gasteiger partial charge in [-0.1, -0.05) is 25.7 Å². The van der Waals surface area contributed by atoms with E-state index in [1.807, 2.05) is 0 Å². The Morgan fingerprint density at radius 3 is 1.94 bits per heavy atom. The predicted octanol–water partition coefficient (Wildman–Crippen LogP) is 3.23. The fourth-order valence-electron chi connectivity index (χ4n) is 1.45. The molecule has 0 aliphatic rings. The molecule has 0 amide bonds. The van der Waals surface area contributed by atoms with E-state index >= 15 is 0 Å². The van der Waals surface area contributed by atoms with E-state index in [0.717, 1.165) is 32.1 Å². The van der Waals surface area contributed by atoms with Crippen molar-refractivity contribution in [3.63, 3.8) is 0 Å². The summed E-state index contributed by atoms with van der Waals surface area (Å²) in [5, 5.41) is 8.50. The summed E-state index contributed by atoms with van der Waals surface area (Å²) in [6.45, 7) is 0.185. The topological polar surface area (TPSA) is 37.3 Å².